The second-order valence-corrected chi connectivity index (χ2v) is 6.09. The van der Waals surface area contributed by atoms with Gasteiger partial charge < -0.3 is 9.47 Å². The summed E-state index contributed by atoms with van der Waals surface area (Å²) in [6.45, 7) is 2.11. The van der Waals surface area contributed by atoms with Crippen molar-refractivity contribution in [2.24, 2.45) is 0 Å². The molecule has 0 aliphatic heterocycles. The Labute approximate surface area is 156 Å². The van der Waals surface area contributed by atoms with Gasteiger partial charge in [-0.25, -0.2) is 0 Å². The summed E-state index contributed by atoms with van der Waals surface area (Å²) in [4.78, 5) is 11.6. The van der Waals surface area contributed by atoms with E-state index >= 15 is 0 Å². The van der Waals surface area contributed by atoms with E-state index < -0.39 is 6.29 Å². The average molecular weight is 402 g/mol. The quantitative estimate of drug-likeness (QED) is 0.332. The van der Waals surface area contributed by atoms with Crippen molar-refractivity contribution in [3.8, 4) is 17.6 Å². The van der Waals surface area contributed by atoms with Crippen LogP contribution in [0.25, 0.3) is 0 Å². The van der Waals surface area contributed by atoms with Gasteiger partial charge in [-0.1, -0.05) is 29.3 Å². The number of carbonyl (C=O) groups excluding carboxylic acids is 1. The van der Waals surface area contributed by atoms with Crippen molar-refractivity contribution in [2.75, 3.05) is 5.33 Å². The Morgan fingerprint density at radius 2 is 1.64 bits per heavy atom. The topological polar surface area (TPSA) is 59.3 Å². The third kappa shape index (κ3) is 5.91. The lowest BCUT2D eigenvalue weighted by atomic mass is 10.1. The molecule has 0 fully saturated rings. The first-order chi connectivity index (χ1) is 12.2. The van der Waals surface area contributed by atoms with Crippen molar-refractivity contribution in [1.29, 1.82) is 5.26 Å². The fraction of sp³-hybridized carbons (Fsp3) is 0.300. The number of ketones is 1. The molecule has 0 saturated heterocycles. The van der Waals surface area contributed by atoms with Gasteiger partial charge in [-0.2, -0.15) is 5.26 Å². The molecule has 130 valence electrons. The zero-order valence-corrected chi connectivity index (χ0v) is 15.7. The lowest BCUT2D eigenvalue weighted by Crippen LogP contribution is -2.24. The van der Waals surface area contributed by atoms with Crippen molar-refractivity contribution in [3.63, 3.8) is 0 Å². The number of carbonyl (C=O) groups is 1. The third-order valence-corrected chi connectivity index (χ3v) is 4.12. The molecular weight excluding hydrogens is 382 g/mol. The van der Waals surface area contributed by atoms with Gasteiger partial charge in [-0.05, 0) is 55.0 Å². The summed E-state index contributed by atoms with van der Waals surface area (Å²) in [7, 11) is 0. The van der Waals surface area contributed by atoms with E-state index in [1.807, 2.05) is 0 Å². The molecule has 4 nitrogen and oxygen atoms in total. The molecule has 0 spiro atoms. The summed E-state index contributed by atoms with van der Waals surface area (Å²) in [5.41, 5.74) is 1.23. The molecule has 0 amide bonds. The maximum absolute atomic E-state index is 11.6. The van der Waals surface area contributed by atoms with Crippen molar-refractivity contribution >= 4 is 21.7 Å². The minimum absolute atomic E-state index is 0.0305. The van der Waals surface area contributed by atoms with Gasteiger partial charge in [0.2, 0.25) is 6.29 Å². The molecule has 0 aliphatic rings. The van der Waals surface area contributed by atoms with Gasteiger partial charge in [-0.3, -0.25) is 4.79 Å². The first kappa shape index (κ1) is 19.0. The number of alkyl halides is 1. The highest BCUT2D eigenvalue weighted by Crippen LogP contribution is 2.20. The molecular formula is C20H20BrNO3. The number of Topliss-reactive ketones (excluding diaryl/α,β-unsaturated/α-hetero) is 1. The van der Waals surface area contributed by atoms with Gasteiger partial charge in [0.25, 0.3) is 0 Å². The van der Waals surface area contributed by atoms with E-state index in [1.54, 1.807) is 48.5 Å². The number of rotatable bonds is 9. The van der Waals surface area contributed by atoms with Crippen LogP contribution in [0.15, 0.2) is 48.5 Å². The molecule has 0 aromatic heterocycles. The Balaban J connectivity index is 2.05. The molecule has 2 aromatic rings. The minimum Gasteiger partial charge on any atom is -0.455 e. The van der Waals surface area contributed by atoms with Crippen LogP contribution < -0.4 is 9.47 Å². The molecule has 2 aromatic carbocycles. The van der Waals surface area contributed by atoms with Gasteiger partial charge in [0.05, 0.1) is 17.0 Å². The van der Waals surface area contributed by atoms with Crippen molar-refractivity contribution < 1.29 is 14.3 Å². The van der Waals surface area contributed by atoms with E-state index in [4.69, 9.17) is 14.7 Å². The molecule has 1 atom stereocenters. The van der Waals surface area contributed by atoms with Crippen molar-refractivity contribution in [2.45, 2.75) is 32.5 Å². The number of hydrogen-bond acceptors (Lipinski definition) is 4. The van der Waals surface area contributed by atoms with Crippen LogP contribution in [-0.4, -0.2) is 17.4 Å². The summed E-state index contributed by atoms with van der Waals surface area (Å²) in [6, 6.07) is 16.1. The fourth-order valence-electron chi connectivity index (χ4n) is 2.22. The highest BCUT2D eigenvalue weighted by Gasteiger charge is 2.13. The Morgan fingerprint density at radius 1 is 1.08 bits per heavy atom. The number of hydrogen-bond donors (Lipinski definition) is 0. The molecule has 0 radical (unpaired) electrons. The van der Waals surface area contributed by atoms with E-state index in [-0.39, 0.29) is 5.78 Å². The monoisotopic (exact) mass is 401 g/mol. The van der Waals surface area contributed by atoms with Crippen LogP contribution >= 0.6 is 15.9 Å². The zero-order valence-electron chi connectivity index (χ0n) is 14.1. The summed E-state index contributed by atoms with van der Waals surface area (Å²) < 4.78 is 11.8. The highest BCUT2D eigenvalue weighted by molar-refractivity contribution is 9.09. The highest BCUT2D eigenvalue weighted by atomic mass is 79.9. The lowest BCUT2D eigenvalue weighted by molar-refractivity contribution is -0.00212. The molecule has 0 bridgehead atoms. The first-order valence-corrected chi connectivity index (χ1v) is 9.31. The smallest absolute Gasteiger partial charge is 0.241 e. The Hall–Kier alpha value is -2.32. The van der Waals surface area contributed by atoms with Gasteiger partial charge in [0.1, 0.15) is 11.5 Å². The van der Waals surface area contributed by atoms with Crippen LogP contribution in [0, 0.1) is 11.3 Å². The van der Waals surface area contributed by atoms with Crippen molar-refractivity contribution in [1.82, 2.24) is 0 Å². The number of unbranched alkanes of at least 4 members (excludes halogenated alkanes) is 1. The standard InChI is InChI=1S/C20H20BrNO3/c1-2-3-4-20(24-17-9-5-15(14-22)6-10-17)25-18-11-7-16(8-12-18)19(23)13-21/h5-12,20H,2-4,13H2,1H3. The molecule has 2 rings (SSSR count). The van der Waals surface area contributed by atoms with Gasteiger partial charge >= 0.3 is 0 Å². The Kier molecular flexibility index (Phi) is 7.49. The predicted octanol–water partition coefficient (Wildman–Crippen LogP) is 5.11. The summed E-state index contributed by atoms with van der Waals surface area (Å²) in [5.74, 6) is 1.34. The first-order valence-electron chi connectivity index (χ1n) is 8.19. The number of halogens is 1. The molecule has 5 heteroatoms. The van der Waals surface area contributed by atoms with Crippen LogP contribution in [0.4, 0.5) is 0 Å². The van der Waals surface area contributed by atoms with E-state index in [0.29, 0.717) is 28.0 Å². The van der Waals surface area contributed by atoms with E-state index in [1.165, 1.54) is 0 Å². The molecule has 0 N–H and O–H groups in total. The normalized spacial score (nSPS) is 11.4. The molecule has 0 saturated carbocycles. The molecule has 25 heavy (non-hydrogen) atoms. The van der Waals surface area contributed by atoms with E-state index in [2.05, 4.69) is 28.9 Å². The van der Waals surface area contributed by atoms with Gasteiger partial charge in [0, 0.05) is 12.0 Å². The average Bonchev–Trinajstić information content (AvgIpc) is 2.66. The molecule has 0 heterocycles. The maximum atomic E-state index is 11.6. The van der Waals surface area contributed by atoms with E-state index in [0.717, 1.165) is 19.3 Å². The van der Waals surface area contributed by atoms with Crippen LogP contribution in [0.3, 0.4) is 0 Å². The Morgan fingerprint density at radius 3 is 2.12 bits per heavy atom. The largest absolute Gasteiger partial charge is 0.455 e. The second kappa shape index (κ2) is 9.85. The predicted molar refractivity (Wildman–Crippen MR) is 100 cm³/mol. The maximum Gasteiger partial charge on any atom is 0.241 e. The van der Waals surface area contributed by atoms with Gasteiger partial charge in [0.15, 0.2) is 5.78 Å². The number of ether oxygens (including phenoxy) is 2. The summed E-state index contributed by atoms with van der Waals surface area (Å²) in [5, 5.41) is 9.16. The van der Waals surface area contributed by atoms with Crippen LogP contribution in [0.2, 0.25) is 0 Å². The molecule has 0 aliphatic carbocycles. The lowest BCUT2D eigenvalue weighted by Gasteiger charge is -2.20. The zero-order chi connectivity index (χ0) is 18.1. The van der Waals surface area contributed by atoms with Crippen LogP contribution in [0.1, 0.15) is 42.1 Å². The second-order valence-electron chi connectivity index (χ2n) is 5.52. The van der Waals surface area contributed by atoms with Crippen molar-refractivity contribution in [3.05, 3.63) is 59.7 Å². The number of benzene rings is 2. The van der Waals surface area contributed by atoms with Gasteiger partial charge in [-0.15, -0.1) is 0 Å². The summed E-state index contributed by atoms with van der Waals surface area (Å²) in [6.07, 6.45) is 2.33. The fourth-order valence-corrected chi connectivity index (χ4v) is 2.54. The van der Waals surface area contributed by atoms with Crippen LogP contribution in [-0.2, 0) is 0 Å². The number of nitriles is 1. The van der Waals surface area contributed by atoms with E-state index in [9.17, 15) is 4.79 Å². The van der Waals surface area contributed by atoms with Crippen LogP contribution in [0.5, 0.6) is 11.5 Å². The SMILES string of the molecule is CCCCC(Oc1ccc(C#N)cc1)Oc1ccc(C(=O)CBr)cc1. The Bertz CT molecular complexity index is 720. The third-order valence-electron chi connectivity index (χ3n) is 3.61. The summed E-state index contributed by atoms with van der Waals surface area (Å²) >= 11 is 3.17. The number of nitrogens with zero attached hydrogens (tertiary/aromatic N) is 1. The minimum atomic E-state index is -0.425. The molecule has 1 unspecified atom stereocenters.